The number of anilines is 1. The van der Waals surface area contributed by atoms with Crippen LogP contribution in [0, 0.1) is 6.92 Å². The molecular formula is C21H18BrN3O5S. The van der Waals surface area contributed by atoms with Crippen molar-refractivity contribution in [2.75, 3.05) is 19.0 Å². The summed E-state index contributed by atoms with van der Waals surface area (Å²) in [6.45, 7) is 1.69. The Bertz CT molecular complexity index is 1090. The van der Waals surface area contributed by atoms with Crippen LogP contribution in [0.5, 0.6) is 11.5 Å². The smallest absolute Gasteiger partial charge is 0.263 e. The third kappa shape index (κ3) is 5.68. The molecule has 2 aromatic rings. The van der Waals surface area contributed by atoms with Gasteiger partial charge in [0.05, 0.1) is 11.6 Å². The van der Waals surface area contributed by atoms with E-state index in [1.54, 1.807) is 18.2 Å². The number of nitrogens with one attached hydrogen (secondary N) is 3. The molecule has 10 heteroatoms. The van der Waals surface area contributed by atoms with Gasteiger partial charge in [0.15, 0.2) is 23.2 Å². The zero-order valence-electron chi connectivity index (χ0n) is 16.6. The summed E-state index contributed by atoms with van der Waals surface area (Å²) in [6, 6.07) is 10.6. The first-order valence-electron chi connectivity index (χ1n) is 9.02. The van der Waals surface area contributed by atoms with E-state index >= 15 is 0 Å². The Kier molecular flexibility index (Phi) is 7.03. The lowest BCUT2D eigenvalue weighted by atomic mass is 10.1. The van der Waals surface area contributed by atoms with Gasteiger partial charge in [0, 0.05) is 5.69 Å². The maximum absolute atomic E-state index is 12.2. The Morgan fingerprint density at radius 2 is 1.90 bits per heavy atom. The van der Waals surface area contributed by atoms with E-state index in [0.29, 0.717) is 27.2 Å². The monoisotopic (exact) mass is 503 g/mol. The molecule has 0 saturated carbocycles. The minimum Gasteiger partial charge on any atom is -0.493 e. The fourth-order valence-corrected chi connectivity index (χ4v) is 3.55. The number of halogens is 1. The Hall–Kier alpha value is -3.24. The highest BCUT2D eigenvalue weighted by Crippen LogP contribution is 2.37. The SMILES string of the molecule is COc1cc(C=C2C(=O)NC(=S)NC2=O)cc(Br)c1OCC(=O)Nc1cccc(C)c1. The van der Waals surface area contributed by atoms with E-state index < -0.39 is 11.8 Å². The molecule has 0 bridgehead atoms. The Morgan fingerprint density at radius 1 is 1.19 bits per heavy atom. The van der Waals surface area contributed by atoms with Gasteiger partial charge in [-0.05, 0) is 76.5 Å². The number of hydrogen-bond donors (Lipinski definition) is 3. The molecule has 0 atom stereocenters. The van der Waals surface area contributed by atoms with Crippen molar-refractivity contribution >= 4 is 62.7 Å². The quantitative estimate of drug-likeness (QED) is 0.318. The normalized spacial score (nSPS) is 13.3. The van der Waals surface area contributed by atoms with Gasteiger partial charge < -0.3 is 14.8 Å². The van der Waals surface area contributed by atoms with E-state index in [-0.39, 0.29) is 23.2 Å². The summed E-state index contributed by atoms with van der Waals surface area (Å²) in [5, 5.41) is 7.46. The van der Waals surface area contributed by atoms with Crippen LogP contribution in [0.15, 0.2) is 46.4 Å². The van der Waals surface area contributed by atoms with Crippen LogP contribution in [0.2, 0.25) is 0 Å². The first-order valence-corrected chi connectivity index (χ1v) is 10.2. The largest absolute Gasteiger partial charge is 0.493 e. The number of thiocarbonyl (C=S) groups is 1. The Balaban J connectivity index is 1.76. The van der Waals surface area contributed by atoms with Crippen LogP contribution in [-0.2, 0) is 14.4 Å². The number of aryl methyl sites for hydroxylation is 1. The van der Waals surface area contributed by atoms with Crippen LogP contribution in [-0.4, -0.2) is 36.6 Å². The minimum atomic E-state index is -0.600. The fraction of sp³-hybridized carbons (Fsp3) is 0.143. The van der Waals surface area contributed by atoms with Crippen LogP contribution in [0.1, 0.15) is 11.1 Å². The van der Waals surface area contributed by atoms with Crippen molar-refractivity contribution in [3.63, 3.8) is 0 Å². The molecule has 2 aromatic carbocycles. The van der Waals surface area contributed by atoms with Crippen molar-refractivity contribution in [3.8, 4) is 11.5 Å². The standard InChI is InChI=1S/C21H18BrN3O5S/c1-11-4-3-5-13(6-11)23-17(26)10-30-18-15(22)8-12(9-16(18)29-2)7-14-19(27)24-21(31)25-20(14)28/h3-9H,10H2,1-2H3,(H,23,26)(H2,24,25,27,28,31). The van der Waals surface area contributed by atoms with Crippen molar-refractivity contribution in [2.45, 2.75) is 6.92 Å². The maximum atomic E-state index is 12.2. The average molecular weight is 504 g/mol. The molecule has 3 N–H and O–H groups in total. The van der Waals surface area contributed by atoms with Crippen molar-refractivity contribution in [3.05, 3.63) is 57.6 Å². The predicted molar refractivity (Wildman–Crippen MR) is 123 cm³/mol. The van der Waals surface area contributed by atoms with E-state index in [9.17, 15) is 14.4 Å². The van der Waals surface area contributed by atoms with E-state index in [2.05, 4.69) is 31.9 Å². The lowest BCUT2D eigenvalue weighted by molar-refractivity contribution is -0.123. The molecule has 31 heavy (non-hydrogen) atoms. The number of rotatable bonds is 6. The van der Waals surface area contributed by atoms with Crippen LogP contribution in [0.25, 0.3) is 6.08 Å². The molecule has 8 nitrogen and oxygen atoms in total. The summed E-state index contributed by atoms with van der Waals surface area (Å²) in [4.78, 5) is 36.3. The third-order valence-corrected chi connectivity index (χ3v) is 4.95. The average Bonchev–Trinajstić information content (AvgIpc) is 2.69. The number of carbonyl (C=O) groups is 3. The number of ether oxygens (including phenoxy) is 2. The van der Waals surface area contributed by atoms with Crippen molar-refractivity contribution in [1.82, 2.24) is 10.6 Å². The van der Waals surface area contributed by atoms with Crippen molar-refractivity contribution in [2.24, 2.45) is 0 Å². The number of hydrogen-bond acceptors (Lipinski definition) is 6. The highest BCUT2D eigenvalue weighted by molar-refractivity contribution is 9.10. The molecule has 1 fully saturated rings. The molecule has 3 amide bonds. The second-order valence-electron chi connectivity index (χ2n) is 6.54. The highest BCUT2D eigenvalue weighted by atomic mass is 79.9. The summed E-state index contributed by atoms with van der Waals surface area (Å²) in [5.41, 5.74) is 2.10. The van der Waals surface area contributed by atoms with Gasteiger partial charge in [-0.2, -0.15) is 0 Å². The van der Waals surface area contributed by atoms with E-state index in [0.717, 1.165) is 5.56 Å². The highest BCUT2D eigenvalue weighted by Gasteiger charge is 2.26. The zero-order chi connectivity index (χ0) is 22.5. The lowest BCUT2D eigenvalue weighted by Gasteiger charge is -2.17. The fourth-order valence-electron chi connectivity index (χ4n) is 2.79. The van der Waals surface area contributed by atoms with E-state index in [1.165, 1.54) is 13.2 Å². The number of carbonyl (C=O) groups excluding carboxylic acids is 3. The molecule has 0 unspecified atom stereocenters. The molecule has 0 aliphatic carbocycles. The zero-order valence-corrected chi connectivity index (χ0v) is 19.0. The van der Waals surface area contributed by atoms with Gasteiger partial charge in [0.25, 0.3) is 17.7 Å². The summed E-state index contributed by atoms with van der Waals surface area (Å²) in [6.07, 6.45) is 1.40. The van der Waals surface area contributed by atoms with Gasteiger partial charge in [-0.15, -0.1) is 0 Å². The molecule has 160 valence electrons. The molecule has 1 saturated heterocycles. The number of benzene rings is 2. The molecule has 0 aromatic heterocycles. The van der Waals surface area contributed by atoms with Gasteiger partial charge >= 0.3 is 0 Å². The maximum Gasteiger partial charge on any atom is 0.263 e. The summed E-state index contributed by atoms with van der Waals surface area (Å²) in [7, 11) is 1.44. The molecule has 0 spiro atoms. The first kappa shape index (κ1) is 22.4. The summed E-state index contributed by atoms with van der Waals surface area (Å²) < 4.78 is 11.5. The summed E-state index contributed by atoms with van der Waals surface area (Å²) in [5.74, 6) is -0.911. The van der Waals surface area contributed by atoms with Crippen molar-refractivity contribution in [1.29, 1.82) is 0 Å². The third-order valence-electron chi connectivity index (χ3n) is 4.16. The molecule has 1 aliphatic rings. The Labute approximate surface area is 192 Å². The predicted octanol–water partition coefficient (Wildman–Crippen LogP) is 2.70. The van der Waals surface area contributed by atoms with Crippen molar-refractivity contribution < 1.29 is 23.9 Å². The van der Waals surface area contributed by atoms with Gasteiger partial charge in [-0.25, -0.2) is 0 Å². The van der Waals surface area contributed by atoms with E-state index in [4.69, 9.17) is 21.7 Å². The van der Waals surface area contributed by atoms with Crippen LogP contribution < -0.4 is 25.4 Å². The van der Waals surface area contributed by atoms with Gasteiger partial charge in [-0.3, -0.25) is 25.0 Å². The second kappa shape index (κ2) is 9.71. The van der Waals surface area contributed by atoms with Crippen LogP contribution in [0.3, 0.4) is 0 Å². The second-order valence-corrected chi connectivity index (χ2v) is 7.80. The number of amides is 3. The molecule has 3 rings (SSSR count). The van der Waals surface area contributed by atoms with Gasteiger partial charge in [0.2, 0.25) is 0 Å². The van der Waals surface area contributed by atoms with Crippen LogP contribution >= 0.6 is 28.1 Å². The van der Waals surface area contributed by atoms with Gasteiger partial charge in [0.1, 0.15) is 5.57 Å². The topological polar surface area (TPSA) is 106 Å². The van der Waals surface area contributed by atoms with E-state index in [1.807, 2.05) is 25.1 Å². The number of methoxy groups -OCH3 is 1. The summed E-state index contributed by atoms with van der Waals surface area (Å²) >= 11 is 8.17. The van der Waals surface area contributed by atoms with Gasteiger partial charge in [-0.1, -0.05) is 12.1 Å². The molecule has 1 heterocycles. The Morgan fingerprint density at radius 3 is 2.55 bits per heavy atom. The molecular weight excluding hydrogens is 486 g/mol. The minimum absolute atomic E-state index is 0.0430. The molecule has 0 radical (unpaired) electrons. The molecule has 1 aliphatic heterocycles. The van der Waals surface area contributed by atoms with Crippen LogP contribution in [0.4, 0.5) is 5.69 Å². The lowest BCUT2D eigenvalue weighted by Crippen LogP contribution is -2.51. The first-order chi connectivity index (χ1) is 14.8.